The molecule has 1 saturated carbocycles. The molecule has 1 aliphatic carbocycles. The predicted molar refractivity (Wildman–Crippen MR) is 107 cm³/mol. The van der Waals surface area contributed by atoms with Gasteiger partial charge in [-0.1, -0.05) is 0 Å². The summed E-state index contributed by atoms with van der Waals surface area (Å²) in [4.78, 5) is 52.1. The van der Waals surface area contributed by atoms with Gasteiger partial charge < -0.3 is 10.0 Å². The Balaban J connectivity index is 1.36. The molecule has 4 aliphatic rings. The molecule has 2 saturated heterocycles. The molecule has 1 atom stereocenters. The van der Waals surface area contributed by atoms with Crippen LogP contribution >= 0.6 is 0 Å². The molecule has 1 unspecified atom stereocenters. The molecule has 0 aromatic heterocycles. The summed E-state index contributed by atoms with van der Waals surface area (Å²) in [6, 6.07) is 1.45. The topological polar surface area (TPSA) is 107 Å². The summed E-state index contributed by atoms with van der Waals surface area (Å²) in [6.45, 7) is 1.50. The summed E-state index contributed by atoms with van der Waals surface area (Å²) >= 11 is 0. The first-order valence-electron chi connectivity index (χ1n) is 10.7. The number of aliphatic hydroxyl groups is 1. The van der Waals surface area contributed by atoms with Crippen LogP contribution < -0.4 is 10.2 Å². The smallest absolute Gasteiger partial charge is 0.262 e. The Morgan fingerprint density at radius 1 is 1.06 bits per heavy atom. The van der Waals surface area contributed by atoms with Crippen LogP contribution in [0.15, 0.2) is 12.1 Å². The van der Waals surface area contributed by atoms with Crippen LogP contribution in [-0.4, -0.2) is 59.4 Å². The lowest BCUT2D eigenvalue weighted by Gasteiger charge is -2.52. The summed E-state index contributed by atoms with van der Waals surface area (Å²) in [5.41, 5.74) is 0.563. The molecule has 5 rings (SSSR count). The highest BCUT2D eigenvalue weighted by atomic mass is 19.1. The quantitative estimate of drug-likeness (QED) is 0.700. The van der Waals surface area contributed by atoms with Gasteiger partial charge in [-0.05, 0) is 55.6 Å². The number of carbonyl (C=O) groups excluding carboxylic acids is 4. The van der Waals surface area contributed by atoms with E-state index in [0.29, 0.717) is 19.0 Å². The molecule has 164 valence electrons. The van der Waals surface area contributed by atoms with Crippen LogP contribution in [0.2, 0.25) is 0 Å². The van der Waals surface area contributed by atoms with Gasteiger partial charge >= 0.3 is 0 Å². The van der Waals surface area contributed by atoms with Crippen molar-refractivity contribution in [2.75, 3.05) is 24.6 Å². The number of hydrogen-bond acceptors (Lipinski definition) is 6. The van der Waals surface area contributed by atoms with Gasteiger partial charge in [-0.3, -0.25) is 29.4 Å². The standard InChI is InChI=1S/C22H24FN3O5/c23-15-7-13-14(21(31)26(20(13)30)16-1-2-18(28)24-19(16)29)8-17(15)25-5-3-22(4-6-25)9-12(10-22)11-27/h7-8,12,16,27H,1-6,9-11H2,(H,24,28,29). The number of rotatable bonds is 3. The molecule has 4 amide bonds. The van der Waals surface area contributed by atoms with Gasteiger partial charge in [-0.25, -0.2) is 4.39 Å². The maximum absolute atomic E-state index is 15.0. The van der Waals surface area contributed by atoms with Crippen LogP contribution in [-0.2, 0) is 9.59 Å². The molecule has 0 radical (unpaired) electrons. The number of piperidine rings is 2. The summed E-state index contributed by atoms with van der Waals surface area (Å²) in [5.74, 6) is -2.66. The molecule has 1 aromatic carbocycles. The number of hydrogen-bond donors (Lipinski definition) is 2. The lowest BCUT2D eigenvalue weighted by molar-refractivity contribution is -0.136. The number of benzene rings is 1. The van der Waals surface area contributed by atoms with E-state index >= 15 is 0 Å². The molecule has 1 aromatic rings. The number of nitrogens with one attached hydrogen (secondary N) is 1. The Hall–Kier alpha value is -2.81. The van der Waals surface area contributed by atoms with Gasteiger partial charge in [-0.2, -0.15) is 0 Å². The van der Waals surface area contributed by atoms with Crippen molar-refractivity contribution in [1.82, 2.24) is 10.2 Å². The summed E-state index contributed by atoms with van der Waals surface area (Å²) in [6.07, 6.45) is 3.89. The Bertz CT molecular complexity index is 993. The van der Waals surface area contributed by atoms with Crippen LogP contribution in [0.4, 0.5) is 10.1 Å². The Labute approximate surface area is 178 Å². The minimum absolute atomic E-state index is 0.0378. The first-order chi connectivity index (χ1) is 14.8. The highest BCUT2D eigenvalue weighted by Gasteiger charge is 2.47. The number of anilines is 1. The number of nitrogens with zero attached hydrogens (tertiary/aromatic N) is 2. The third-order valence-corrected chi connectivity index (χ3v) is 7.37. The number of halogens is 1. The van der Waals surface area contributed by atoms with E-state index in [4.69, 9.17) is 0 Å². The minimum atomic E-state index is -1.07. The van der Waals surface area contributed by atoms with Gasteiger partial charge in [0.15, 0.2) is 0 Å². The molecule has 3 heterocycles. The third kappa shape index (κ3) is 3.13. The largest absolute Gasteiger partial charge is 0.396 e. The van der Waals surface area contributed by atoms with E-state index in [0.717, 1.165) is 36.6 Å². The molecule has 0 bridgehead atoms. The fourth-order valence-electron chi connectivity index (χ4n) is 5.65. The van der Waals surface area contributed by atoms with E-state index in [-0.39, 0.29) is 41.7 Å². The van der Waals surface area contributed by atoms with Crippen LogP contribution in [0.1, 0.15) is 59.2 Å². The second-order valence-corrected chi connectivity index (χ2v) is 9.24. The van der Waals surface area contributed by atoms with Crippen molar-refractivity contribution >= 4 is 29.3 Å². The zero-order chi connectivity index (χ0) is 21.9. The summed E-state index contributed by atoms with van der Waals surface area (Å²) in [5, 5.41) is 11.4. The fraction of sp³-hybridized carbons (Fsp3) is 0.545. The van der Waals surface area contributed by atoms with Crippen molar-refractivity contribution in [1.29, 1.82) is 0 Å². The number of carbonyl (C=O) groups is 4. The van der Waals surface area contributed by atoms with Crippen LogP contribution in [0.5, 0.6) is 0 Å². The van der Waals surface area contributed by atoms with Crippen LogP contribution in [0.25, 0.3) is 0 Å². The van der Waals surface area contributed by atoms with E-state index in [1.54, 1.807) is 0 Å². The average Bonchev–Trinajstić information content (AvgIpc) is 2.96. The average molecular weight is 429 g/mol. The van der Waals surface area contributed by atoms with E-state index in [1.165, 1.54) is 6.07 Å². The first kappa shape index (κ1) is 20.1. The molecule has 1 spiro atoms. The van der Waals surface area contributed by atoms with Gasteiger partial charge in [-0.15, -0.1) is 0 Å². The Morgan fingerprint density at radius 3 is 2.32 bits per heavy atom. The monoisotopic (exact) mass is 429 g/mol. The molecule has 3 aliphatic heterocycles. The van der Waals surface area contributed by atoms with Crippen molar-refractivity contribution in [2.24, 2.45) is 11.3 Å². The summed E-state index contributed by atoms with van der Waals surface area (Å²) < 4.78 is 15.0. The SMILES string of the molecule is O=C1CCC(N2C(=O)c3cc(F)c(N4CCC5(CC4)CC(CO)C5)cc3C2=O)C(=O)N1. The van der Waals surface area contributed by atoms with E-state index in [1.807, 2.05) is 4.90 Å². The lowest BCUT2D eigenvalue weighted by Crippen LogP contribution is -2.54. The van der Waals surface area contributed by atoms with Crippen molar-refractivity contribution < 1.29 is 28.7 Å². The zero-order valence-corrected chi connectivity index (χ0v) is 17.0. The molecule has 3 fully saturated rings. The van der Waals surface area contributed by atoms with E-state index < -0.39 is 35.5 Å². The molecular formula is C22H24FN3O5. The predicted octanol–water partition coefficient (Wildman–Crippen LogP) is 1.22. The van der Waals surface area contributed by atoms with Crippen molar-refractivity contribution in [3.05, 3.63) is 29.1 Å². The molecule has 8 nitrogen and oxygen atoms in total. The second kappa shape index (κ2) is 7.12. The highest BCUT2D eigenvalue weighted by molar-refractivity contribution is 6.23. The maximum atomic E-state index is 15.0. The van der Waals surface area contributed by atoms with Crippen molar-refractivity contribution in [3.8, 4) is 0 Å². The Morgan fingerprint density at radius 2 is 1.71 bits per heavy atom. The van der Waals surface area contributed by atoms with Gasteiger partial charge in [0, 0.05) is 26.1 Å². The lowest BCUT2D eigenvalue weighted by atomic mass is 9.58. The maximum Gasteiger partial charge on any atom is 0.262 e. The van der Waals surface area contributed by atoms with Crippen LogP contribution in [0.3, 0.4) is 0 Å². The fourth-order valence-corrected chi connectivity index (χ4v) is 5.65. The first-order valence-corrected chi connectivity index (χ1v) is 10.7. The Kier molecular flexibility index (Phi) is 4.62. The zero-order valence-electron chi connectivity index (χ0n) is 17.0. The minimum Gasteiger partial charge on any atom is -0.396 e. The van der Waals surface area contributed by atoms with Gasteiger partial charge in [0.2, 0.25) is 11.8 Å². The van der Waals surface area contributed by atoms with E-state index in [2.05, 4.69) is 5.32 Å². The van der Waals surface area contributed by atoms with Gasteiger partial charge in [0.25, 0.3) is 11.8 Å². The normalized spacial score (nSPS) is 25.7. The molecule has 31 heavy (non-hydrogen) atoms. The van der Waals surface area contributed by atoms with Crippen LogP contribution in [0, 0.1) is 17.2 Å². The third-order valence-electron chi connectivity index (χ3n) is 7.37. The number of aliphatic hydroxyl groups excluding tert-OH is 1. The van der Waals surface area contributed by atoms with Crippen molar-refractivity contribution in [2.45, 2.75) is 44.6 Å². The molecular weight excluding hydrogens is 405 g/mol. The molecule has 9 heteroatoms. The number of imide groups is 2. The number of fused-ring (bicyclic) bond motifs is 1. The number of amides is 4. The second-order valence-electron chi connectivity index (χ2n) is 9.24. The van der Waals surface area contributed by atoms with Gasteiger partial charge in [0.05, 0.1) is 16.8 Å². The van der Waals surface area contributed by atoms with E-state index in [9.17, 15) is 28.7 Å². The van der Waals surface area contributed by atoms with Crippen molar-refractivity contribution in [3.63, 3.8) is 0 Å². The summed E-state index contributed by atoms with van der Waals surface area (Å²) in [7, 11) is 0. The molecule has 2 N–H and O–H groups in total. The highest BCUT2D eigenvalue weighted by Crippen LogP contribution is 2.52. The van der Waals surface area contributed by atoms with Gasteiger partial charge in [0.1, 0.15) is 11.9 Å².